The molecule has 0 aliphatic heterocycles. The molecular weight excluding hydrogens is 385 g/mol. The van der Waals surface area contributed by atoms with Crippen LogP contribution in [0.2, 0.25) is 0 Å². The van der Waals surface area contributed by atoms with Crippen molar-refractivity contribution in [3.8, 4) is 5.75 Å². The minimum Gasteiger partial charge on any atom is -0.511 e. The van der Waals surface area contributed by atoms with E-state index in [1.54, 1.807) is 0 Å². The summed E-state index contributed by atoms with van der Waals surface area (Å²) in [6, 6.07) is 36.2. The van der Waals surface area contributed by atoms with Gasteiger partial charge in [-0.3, -0.25) is 0 Å². The smallest absolute Gasteiger partial charge is 0.511 e. The van der Waals surface area contributed by atoms with Gasteiger partial charge < -0.3 is 19.6 Å². The first-order valence-electron chi connectivity index (χ1n) is 10.1. The average molecular weight is 405 g/mol. The molecule has 0 aromatic heterocycles. The van der Waals surface area contributed by atoms with E-state index in [0.29, 0.717) is 5.75 Å². The fraction of sp³-hybridized carbons (Fsp3) is 0. The molecule has 5 aromatic rings. The van der Waals surface area contributed by atoms with Gasteiger partial charge in [-0.2, -0.15) is 0 Å². The van der Waals surface area contributed by atoms with Gasteiger partial charge in [-0.05, 0) is 24.3 Å². The molecule has 5 heteroatoms. The number of hydrogen-bond acceptors (Lipinski definition) is 4. The number of benzene rings is 5. The Morgan fingerprint density at radius 2 is 0.903 bits per heavy atom. The summed E-state index contributed by atoms with van der Waals surface area (Å²) in [5, 5.41) is 22.7. The molecule has 0 saturated carbocycles. The molecule has 150 valence electrons. The fourth-order valence-corrected chi connectivity index (χ4v) is 4.10. The van der Waals surface area contributed by atoms with Gasteiger partial charge in [0, 0.05) is 32.9 Å². The zero-order valence-electron chi connectivity index (χ0n) is 16.7. The summed E-state index contributed by atoms with van der Waals surface area (Å²) in [6.45, 7) is 0. The molecule has 0 saturated heterocycles. The highest BCUT2D eigenvalue weighted by molar-refractivity contribution is 6.35. The second-order valence-corrected chi connectivity index (χ2v) is 7.22. The maximum Gasteiger partial charge on any atom is 0.707 e. The van der Waals surface area contributed by atoms with Gasteiger partial charge in [0.2, 0.25) is 0 Å². The van der Waals surface area contributed by atoms with E-state index in [1.165, 1.54) is 0 Å². The molecule has 0 fully saturated rings. The summed E-state index contributed by atoms with van der Waals surface area (Å²) in [5.74, 6) is 0.450. The molecule has 0 bridgehead atoms. The Kier molecular flexibility index (Phi) is 5.04. The normalized spacial score (nSPS) is 10.9. The maximum atomic E-state index is 9.58. The molecule has 0 atom stereocenters. The van der Waals surface area contributed by atoms with Crippen LogP contribution in [0.4, 0.5) is 17.1 Å². The van der Waals surface area contributed by atoms with Gasteiger partial charge in [0.1, 0.15) is 5.75 Å². The standard InChI is InChI=1S/C26H20BNO3/c29-27(30)31-26-23-17-9-7-15-21(23)25(22-16-8-10-18-24(22)26)28(19-11-3-1-4-12-19)20-13-5-2-6-14-20/h1-18,29-30H. The topological polar surface area (TPSA) is 52.9 Å². The van der Waals surface area contributed by atoms with Crippen LogP contribution in [0, 0.1) is 0 Å². The molecule has 0 heterocycles. The fourth-order valence-electron chi connectivity index (χ4n) is 4.10. The summed E-state index contributed by atoms with van der Waals surface area (Å²) in [7, 11) is -1.91. The SMILES string of the molecule is OB(O)Oc1c2ccccc2c(N(c2ccccc2)c2ccccc2)c2ccccc12. The van der Waals surface area contributed by atoms with Crippen molar-refractivity contribution in [1.82, 2.24) is 0 Å². The number of anilines is 3. The van der Waals surface area contributed by atoms with Gasteiger partial charge in [0.15, 0.2) is 0 Å². The molecule has 0 amide bonds. The van der Waals surface area contributed by atoms with Crippen LogP contribution in [0.15, 0.2) is 109 Å². The summed E-state index contributed by atoms with van der Waals surface area (Å²) in [6.07, 6.45) is 0. The molecule has 0 unspecified atom stereocenters. The minimum absolute atomic E-state index is 0.450. The zero-order valence-corrected chi connectivity index (χ0v) is 16.7. The van der Waals surface area contributed by atoms with Crippen molar-refractivity contribution in [2.24, 2.45) is 0 Å². The van der Waals surface area contributed by atoms with E-state index in [2.05, 4.69) is 29.2 Å². The van der Waals surface area contributed by atoms with Crippen molar-refractivity contribution in [3.05, 3.63) is 109 Å². The Bertz CT molecular complexity index is 1240. The zero-order chi connectivity index (χ0) is 21.2. The van der Waals surface area contributed by atoms with Gasteiger partial charge in [-0.15, -0.1) is 0 Å². The molecule has 0 spiro atoms. The number of rotatable bonds is 5. The average Bonchev–Trinajstić information content (AvgIpc) is 2.82. The van der Waals surface area contributed by atoms with Crippen LogP contribution >= 0.6 is 0 Å². The first-order chi connectivity index (χ1) is 15.2. The van der Waals surface area contributed by atoms with Crippen LogP contribution in [-0.2, 0) is 0 Å². The third kappa shape index (κ3) is 3.50. The molecule has 31 heavy (non-hydrogen) atoms. The van der Waals surface area contributed by atoms with Gasteiger partial charge in [-0.25, -0.2) is 0 Å². The van der Waals surface area contributed by atoms with E-state index >= 15 is 0 Å². The third-order valence-corrected chi connectivity index (χ3v) is 5.33. The number of nitrogens with zero attached hydrogens (tertiary/aromatic N) is 1. The van der Waals surface area contributed by atoms with E-state index in [1.807, 2.05) is 84.9 Å². The Balaban J connectivity index is 1.92. The van der Waals surface area contributed by atoms with Crippen molar-refractivity contribution in [1.29, 1.82) is 0 Å². The van der Waals surface area contributed by atoms with Crippen LogP contribution in [0.5, 0.6) is 5.75 Å². The first kappa shape index (κ1) is 19.2. The van der Waals surface area contributed by atoms with E-state index in [0.717, 1.165) is 38.6 Å². The summed E-state index contributed by atoms with van der Waals surface area (Å²) >= 11 is 0. The Hall–Kier alpha value is -3.80. The lowest BCUT2D eigenvalue weighted by atomic mass is 9.97. The first-order valence-corrected chi connectivity index (χ1v) is 10.1. The van der Waals surface area contributed by atoms with Crippen LogP contribution in [0.25, 0.3) is 21.5 Å². The van der Waals surface area contributed by atoms with Crippen molar-refractivity contribution < 1.29 is 14.7 Å². The molecule has 0 radical (unpaired) electrons. The Morgan fingerprint density at radius 3 is 1.32 bits per heavy atom. The van der Waals surface area contributed by atoms with Gasteiger partial charge >= 0.3 is 7.32 Å². The Labute approximate surface area is 180 Å². The van der Waals surface area contributed by atoms with Crippen LogP contribution in [-0.4, -0.2) is 17.4 Å². The van der Waals surface area contributed by atoms with Gasteiger partial charge in [0.05, 0.1) is 5.69 Å². The van der Waals surface area contributed by atoms with E-state index in [-0.39, 0.29) is 0 Å². The molecule has 2 N–H and O–H groups in total. The molecule has 0 aliphatic rings. The minimum atomic E-state index is -1.91. The monoisotopic (exact) mass is 405 g/mol. The van der Waals surface area contributed by atoms with Crippen molar-refractivity contribution >= 4 is 45.9 Å². The van der Waals surface area contributed by atoms with Crippen LogP contribution < -0.4 is 9.55 Å². The van der Waals surface area contributed by atoms with Gasteiger partial charge in [-0.1, -0.05) is 84.9 Å². The van der Waals surface area contributed by atoms with Crippen molar-refractivity contribution in [3.63, 3.8) is 0 Å². The summed E-state index contributed by atoms with van der Waals surface area (Å²) < 4.78 is 5.48. The second kappa shape index (κ2) is 8.15. The summed E-state index contributed by atoms with van der Waals surface area (Å²) in [4.78, 5) is 2.23. The quantitative estimate of drug-likeness (QED) is 0.286. The van der Waals surface area contributed by atoms with Gasteiger partial charge in [0.25, 0.3) is 0 Å². The van der Waals surface area contributed by atoms with E-state index in [4.69, 9.17) is 4.65 Å². The molecule has 0 aliphatic carbocycles. The largest absolute Gasteiger partial charge is 0.707 e. The highest BCUT2D eigenvalue weighted by Gasteiger charge is 2.23. The second-order valence-electron chi connectivity index (χ2n) is 7.22. The van der Waals surface area contributed by atoms with E-state index < -0.39 is 7.32 Å². The Morgan fingerprint density at radius 1 is 0.516 bits per heavy atom. The van der Waals surface area contributed by atoms with Crippen molar-refractivity contribution in [2.75, 3.05) is 4.90 Å². The third-order valence-electron chi connectivity index (χ3n) is 5.33. The lowest BCUT2D eigenvalue weighted by Crippen LogP contribution is -2.21. The van der Waals surface area contributed by atoms with Crippen LogP contribution in [0.3, 0.4) is 0 Å². The highest BCUT2D eigenvalue weighted by atomic mass is 16.6. The molecular formula is C26H20BNO3. The number of fused-ring (bicyclic) bond motifs is 2. The van der Waals surface area contributed by atoms with E-state index in [9.17, 15) is 10.0 Å². The van der Waals surface area contributed by atoms with Crippen molar-refractivity contribution in [2.45, 2.75) is 0 Å². The molecule has 5 rings (SSSR count). The predicted octanol–water partition coefficient (Wildman–Crippen LogP) is 5.81. The molecule has 4 nitrogen and oxygen atoms in total. The lowest BCUT2D eigenvalue weighted by Gasteiger charge is -2.29. The highest BCUT2D eigenvalue weighted by Crippen LogP contribution is 2.47. The predicted molar refractivity (Wildman–Crippen MR) is 127 cm³/mol. The lowest BCUT2D eigenvalue weighted by molar-refractivity contribution is 0.291. The number of para-hydroxylation sites is 2. The summed E-state index contributed by atoms with van der Waals surface area (Å²) in [5.41, 5.74) is 3.06. The molecule has 5 aromatic carbocycles. The maximum absolute atomic E-state index is 9.58. The van der Waals surface area contributed by atoms with Crippen LogP contribution in [0.1, 0.15) is 0 Å². The number of hydrogen-bond donors (Lipinski definition) is 2.